The quantitative estimate of drug-likeness (QED) is 0.654. The van der Waals surface area contributed by atoms with E-state index < -0.39 is 0 Å². The van der Waals surface area contributed by atoms with E-state index in [-0.39, 0.29) is 11.8 Å². The Morgan fingerprint density at radius 2 is 1.73 bits per heavy atom. The number of para-hydroxylation sites is 1. The molecule has 1 fully saturated rings. The van der Waals surface area contributed by atoms with E-state index >= 15 is 0 Å². The summed E-state index contributed by atoms with van der Waals surface area (Å²) >= 11 is 0. The zero-order valence-electron chi connectivity index (χ0n) is 17.4. The number of hydrogen-bond donors (Lipinski definition) is 0. The van der Waals surface area contributed by atoms with E-state index in [1.54, 1.807) is 25.3 Å². The van der Waals surface area contributed by atoms with Crippen molar-refractivity contribution in [3.63, 3.8) is 0 Å². The van der Waals surface area contributed by atoms with Crippen LogP contribution >= 0.6 is 0 Å². The number of hydrogen-bond acceptors (Lipinski definition) is 5. The highest BCUT2D eigenvalue weighted by Gasteiger charge is 2.43. The molecule has 2 aliphatic heterocycles. The van der Waals surface area contributed by atoms with E-state index in [1.807, 2.05) is 42.2 Å². The maximum Gasteiger partial charge on any atom is 0.282 e. The number of nitrogens with zero attached hydrogens (tertiary/aromatic N) is 2. The molecule has 1 saturated heterocycles. The average Bonchev–Trinajstić information content (AvgIpc) is 3.38. The highest BCUT2D eigenvalue weighted by atomic mass is 16.5. The molecule has 2 heterocycles. The normalized spacial score (nSPS) is 16.6. The third-order valence-corrected chi connectivity index (χ3v) is 5.41. The fourth-order valence-corrected chi connectivity index (χ4v) is 4.01. The summed E-state index contributed by atoms with van der Waals surface area (Å²) in [5, 5.41) is 0. The summed E-state index contributed by atoms with van der Waals surface area (Å²) in [5.41, 5.74) is 2.02. The molecule has 0 spiro atoms. The Morgan fingerprint density at radius 1 is 0.967 bits per heavy atom. The maximum atomic E-state index is 13.6. The van der Waals surface area contributed by atoms with Crippen LogP contribution < -0.4 is 14.4 Å². The lowest BCUT2D eigenvalue weighted by Gasteiger charge is -2.20. The fraction of sp³-hybridized carbons (Fsp3) is 0.333. The number of likely N-dealkylation sites (tertiary alicyclic amines) is 1. The first kappa shape index (κ1) is 20.0. The molecule has 0 radical (unpaired) electrons. The molecule has 0 saturated carbocycles. The molecule has 2 aromatic carbocycles. The summed E-state index contributed by atoms with van der Waals surface area (Å²) in [5.74, 6) is 0.588. The van der Waals surface area contributed by atoms with E-state index in [9.17, 15) is 9.59 Å². The van der Waals surface area contributed by atoms with Crippen LogP contribution in [-0.2, 0) is 9.59 Å². The van der Waals surface area contributed by atoms with Crippen LogP contribution in [0, 0.1) is 0 Å². The van der Waals surface area contributed by atoms with Crippen LogP contribution in [0.3, 0.4) is 0 Å². The Morgan fingerprint density at radius 3 is 2.47 bits per heavy atom. The molecule has 0 unspecified atom stereocenters. The van der Waals surface area contributed by atoms with Gasteiger partial charge in [0.2, 0.25) is 0 Å². The van der Waals surface area contributed by atoms with Crippen molar-refractivity contribution in [3.05, 3.63) is 59.8 Å². The van der Waals surface area contributed by atoms with Crippen LogP contribution in [0.5, 0.6) is 11.5 Å². The van der Waals surface area contributed by atoms with Crippen molar-refractivity contribution in [1.82, 2.24) is 4.90 Å². The van der Waals surface area contributed by atoms with Crippen molar-refractivity contribution in [2.24, 2.45) is 0 Å². The van der Waals surface area contributed by atoms with Crippen LogP contribution in [0.15, 0.2) is 54.2 Å². The van der Waals surface area contributed by atoms with Gasteiger partial charge in [0, 0.05) is 24.7 Å². The van der Waals surface area contributed by atoms with Crippen LogP contribution in [0.1, 0.15) is 31.7 Å². The van der Waals surface area contributed by atoms with Crippen molar-refractivity contribution in [2.75, 3.05) is 31.7 Å². The molecule has 30 heavy (non-hydrogen) atoms. The van der Waals surface area contributed by atoms with Gasteiger partial charge in [0.15, 0.2) is 0 Å². The van der Waals surface area contributed by atoms with Gasteiger partial charge in [-0.3, -0.25) is 9.59 Å². The highest BCUT2D eigenvalue weighted by molar-refractivity contribution is 6.45. The summed E-state index contributed by atoms with van der Waals surface area (Å²) in [6.45, 7) is 4.14. The molecule has 4 rings (SSSR count). The smallest absolute Gasteiger partial charge is 0.282 e. The van der Waals surface area contributed by atoms with Gasteiger partial charge in [-0.2, -0.15) is 0 Å². The second-order valence-corrected chi connectivity index (χ2v) is 7.41. The Balaban J connectivity index is 1.79. The van der Waals surface area contributed by atoms with Gasteiger partial charge < -0.3 is 14.4 Å². The number of imide groups is 1. The SMILES string of the molecule is CCCOc1cccc(N2C(=O)C(c3ccccc3OC)=C(N3CCCC3)C2=O)c1. The van der Waals surface area contributed by atoms with Gasteiger partial charge in [-0.15, -0.1) is 0 Å². The second-order valence-electron chi connectivity index (χ2n) is 7.41. The van der Waals surface area contributed by atoms with E-state index in [2.05, 4.69) is 0 Å². The van der Waals surface area contributed by atoms with Gasteiger partial charge >= 0.3 is 0 Å². The molecule has 156 valence electrons. The topological polar surface area (TPSA) is 59.1 Å². The first-order chi connectivity index (χ1) is 14.7. The van der Waals surface area contributed by atoms with Crippen LogP contribution in [-0.4, -0.2) is 43.5 Å². The summed E-state index contributed by atoms with van der Waals surface area (Å²) in [6, 6.07) is 14.5. The fourth-order valence-electron chi connectivity index (χ4n) is 4.01. The Kier molecular flexibility index (Phi) is 5.74. The van der Waals surface area contributed by atoms with E-state index in [1.165, 1.54) is 4.90 Å². The van der Waals surface area contributed by atoms with Gasteiger partial charge in [0.25, 0.3) is 11.8 Å². The number of anilines is 1. The first-order valence-electron chi connectivity index (χ1n) is 10.4. The lowest BCUT2D eigenvalue weighted by molar-refractivity contribution is -0.120. The van der Waals surface area contributed by atoms with Gasteiger partial charge in [-0.25, -0.2) is 4.90 Å². The molecule has 6 heteroatoms. The van der Waals surface area contributed by atoms with Crippen molar-refractivity contribution in [3.8, 4) is 11.5 Å². The second kappa shape index (κ2) is 8.61. The Labute approximate surface area is 176 Å². The molecule has 0 aliphatic carbocycles. The lowest BCUT2D eigenvalue weighted by Crippen LogP contribution is -2.34. The molecule has 2 aliphatic rings. The molecule has 6 nitrogen and oxygen atoms in total. The largest absolute Gasteiger partial charge is 0.496 e. The van der Waals surface area contributed by atoms with Crippen LogP contribution in [0.25, 0.3) is 5.57 Å². The lowest BCUT2D eigenvalue weighted by atomic mass is 10.0. The molecule has 0 aromatic heterocycles. The molecule has 0 bridgehead atoms. The van der Waals surface area contributed by atoms with Gasteiger partial charge in [-0.05, 0) is 37.5 Å². The average molecular weight is 406 g/mol. The van der Waals surface area contributed by atoms with E-state index in [0.717, 1.165) is 32.4 Å². The highest BCUT2D eigenvalue weighted by Crippen LogP contribution is 2.39. The summed E-state index contributed by atoms with van der Waals surface area (Å²) in [7, 11) is 1.57. The third-order valence-electron chi connectivity index (χ3n) is 5.41. The minimum Gasteiger partial charge on any atom is -0.496 e. The molecule has 0 N–H and O–H groups in total. The third kappa shape index (κ3) is 3.54. The van der Waals surface area contributed by atoms with E-state index in [4.69, 9.17) is 9.47 Å². The van der Waals surface area contributed by atoms with Crippen molar-refractivity contribution in [2.45, 2.75) is 26.2 Å². The Hall–Kier alpha value is -3.28. The summed E-state index contributed by atoms with van der Waals surface area (Å²) in [6.07, 6.45) is 2.89. The zero-order chi connectivity index (χ0) is 21.1. The van der Waals surface area contributed by atoms with Crippen molar-refractivity contribution in [1.29, 1.82) is 0 Å². The van der Waals surface area contributed by atoms with Crippen LogP contribution in [0.2, 0.25) is 0 Å². The first-order valence-corrected chi connectivity index (χ1v) is 10.4. The number of benzene rings is 2. The molecule has 0 atom stereocenters. The number of amides is 2. The predicted octanol–water partition coefficient (Wildman–Crippen LogP) is 3.86. The monoisotopic (exact) mass is 406 g/mol. The summed E-state index contributed by atoms with van der Waals surface area (Å²) < 4.78 is 11.2. The standard InChI is InChI=1S/C24H26N2O4/c1-3-15-30-18-10-8-9-17(16-18)26-23(27)21(19-11-4-5-12-20(19)29-2)22(24(26)28)25-13-6-7-14-25/h4-5,8-12,16H,3,6-7,13-15H2,1-2H3. The number of ether oxygens (including phenoxy) is 2. The summed E-state index contributed by atoms with van der Waals surface area (Å²) in [4.78, 5) is 30.4. The zero-order valence-corrected chi connectivity index (χ0v) is 17.4. The molecular weight excluding hydrogens is 380 g/mol. The maximum absolute atomic E-state index is 13.6. The van der Waals surface area contributed by atoms with Gasteiger partial charge in [0.1, 0.15) is 17.2 Å². The predicted molar refractivity (Wildman–Crippen MR) is 115 cm³/mol. The Bertz CT molecular complexity index is 992. The minimum atomic E-state index is -0.334. The minimum absolute atomic E-state index is 0.296. The number of carbonyl (C=O) groups is 2. The van der Waals surface area contributed by atoms with Crippen molar-refractivity contribution >= 4 is 23.1 Å². The van der Waals surface area contributed by atoms with Gasteiger partial charge in [-0.1, -0.05) is 31.2 Å². The molecular formula is C24H26N2O4. The number of carbonyl (C=O) groups excluding carboxylic acids is 2. The molecule has 2 aromatic rings. The number of rotatable bonds is 7. The van der Waals surface area contributed by atoms with E-state index in [0.29, 0.717) is 40.6 Å². The van der Waals surface area contributed by atoms with Crippen molar-refractivity contribution < 1.29 is 19.1 Å². The number of methoxy groups -OCH3 is 1. The van der Waals surface area contributed by atoms with Crippen LogP contribution in [0.4, 0.5) is 5.69 Å². The molecule has 2 amide bonds. The van der Waals surface area contributed by atoms with Gasteiger partial charge in [0.05, 0.1) is 25.0 Å².